The van der Waals surface area contributed by atoms with Crippen molar-refractivity contribution in [3.8, 4) is 11.8 Å². The number of carbonyl (C=O) groups excluding carboxylic acids is 1. The zero-order chi connectivity index (χ0) is 13.2. The first kappa shape index (κ1) is 13.5. The fourth-order valence-electron chi connectivity index (χ4n) is 1.24. The number of ketones is 1. The summed E-state index contributed by atoms with van der Waals surface area (Å²) in [6, 6.07) is 2.71. The number of nitrogens with zero attached hydrogens (tertiary/aromatic N) is 1. The van der Waals surface area contributed by atoms with Crippen LogP contribution in [-0.2, 0) is 6.18 Å². The number of alkyl halides is 4. The Morgan fingerprint density at radius 2 is 2.06 bits per heavy atom. The van der Waals surface area contributed by atoms with Gasteiger partial charge in [-0.25, -0.2) is 0 Å². The summed E-state index contributed by atoms with van der Waals surface area (Å²) >= 11 is 2.82. The smallest absolute Gasteiger partial charge is 0.417 e. The van der Waals surface area contributed by atoms with E-state index in [4.69, 9.17) is 5.26 Å². The summed E-state index contributed by atoms with van der Waals surface area (Å²) in [4.78, 5) is 11.3. The van der Waals surface area contributed by atoms with Gasteiger partial charge in [-0.1, -0.05) is 15.9 Å². The van der Waals surface area contributed by atoms with Crippen molar-refractivity contribution < 1.29 is 23.1 Å². The molecule has 0 heterocycles. The van der Waals surface area contributed by atoms with E-state index in [0.717, 1.165) is 6.07 Å². The van der Waals surface area contributed by atoms with Gasteiger partial charge in [-0.05, 0) is 12.1 Å². The highest BCUT2D eigenvalue weighted by molar-refractivity contribution is 9.09. The maximum Gasteiger partial charge on any atom is 0.417 e. The number of Topliss-reactive ketones (excluding diaryl/α,β-unsaturated/α-hetero) is 1. The Balaban J connectivity index is 3.50. The van der Waals surface area contributed by atoms with Crippen molar-refractivity contribution in [2.45, 2.75) is 6.18 Å². The van der Waals surface area contributed by atoms with Crippen LogP contribution in [0.15, 0.2) is 12.1 Å². The Morgan fingerprint density at radius 1 is 1.47 bits per heavy atom. The first-order valence-corrected chi connectivity index (χ1v) is 5.37. The van der Waals surface area contributed by atoms with E-state index < -0.39 is 28.8 Å². The molecule has 1 rings (SSSR count). The summed E-state index contributed by atoms with van der Waals surface area (Å²) in [5.41, 5.74) is -2.51. The molecule has 1 aromatic rings. The van der Waals surface area contributed by atoms with Crippen molar-refractivity contribution in [2.24, 2.45) is 0 Å². The second-order valence-corrected chi connectivity index (χ2v) is 3.61. The Bertz CT molecular complexity index is 505. The minimum atomic E-state index is -4.75. The van der Waals surface area contributed by atoms with Gasteiger partial charge < -0.3 is 5.11 Å². The quantitative estimate of drug-likeness (QED) is 0.675. The molecular formula is C10H5BrF3NO2. The van der Waals surface area contributed by atoms with Gasteiger partial charge in [-0.15, -0.1) is 0 Å². The summed E-state index contributed by atoms with van der Waals surface area (Å²) in [7, 11) is 0. The zero-order valence-electron chi connectivity index (χ0n) is 8.18. The first-order chi connectivity index (χ1) is 7.82. The SMILES string of the molecule is N#Cc1c(C(F)(F)F)ccc(C(=O)CBr)c1O. The standard InChI is InChI=1S/C10H5BrF3NO2/c11-3-8(16)5-1-2-7(10(12,13)14)6(4-15)9(5)17/h1-2,17H,3H2. The second kappa shape index (κ2) is 4.75. The molecule has 0 spiro atoms. The summed E-state index contributed by atoms with van der Waals surface area (Å²) in [5.74, 6) is -1.54. The molecular weight excluding hydrogens is 303 g/mol. The third-order valence-corrected chi connectivity index (χ3v) is 2.53. The molecule has 0 saturated carbocycles. The van der Waals surface area contributed by atoms with E-state index in [9.17, 15) is 23.1 Å². The van der Waals surface area contributed by atoms with Gasteiger partial charge in [0.05, 0.1) is 16.5 Å². The van der Waals surface area contributed by atoms with Gasteiger partial charge in [0.2, 0.25) is 0 Å². The fraction of sp³-hybridized carbons (Fsp3) is 0.200. The van der Waals surface area contributed by atoms with Crippen molar-refractivity contribution in [3.63, 3.8) is 0 Å². The molecule has 0 bridgehead atoms. The van der Waals surface area contributed by atoms with E-state index in [0.29, 0.717) is 6.07 Å². The number of phenolic OH excluding ortho intramolecular Hbond substituents is 1. The summed E-state index contributed by atoms with van der Waals surface area (Å²) < 4.78 is 37.4. The number of nitriles is 1. The van der Waals surface area contributed by atoms with Crippen molar-refractivity contribution in [1.82, 2.24) is 0 Å². The van der Waals surface area contributed by atoms with Gasteiger partial charge in [0.1, 0.15) is 17.4 Å². The minimum Gasteiger partial charge on any atom is -0.506 e. The Morgan fingerprint density at radius 3 is 2.47 bits per heavy atom. The topological polar surface area (TPSA) is 61.1 Å². The van der Waals surface area contributed by atoms with E-state index in [1.165, 1.54) is 6.07 Å². The predicted octanol–water partition coefficient (Wildman–Crippen LogP) is 2.86. The second-order valence-electron chi connectivity index (χ2n) is 3.05. The highest BCUT2D eigenvalue weighted by Gasteiger charge is 2.35. The lowest BCUT2D eigenvalue weighted by molar-refractivity contribution is -0.137. The molecule has 17 heavy (non-hydrogen) atoms. The molecule has 0 aliphatic heterocycles. The summed E-state index contributed by atoms with van der Waals surface area (Å²) in [5, 5.41) is 17.9. The number of benzene rings is 1. The number of carbonyl (C=O) groups is 1. The lowest BCUT2D eigenvalue weighted by Crippen LogP contribution is -2.10. The van der Waals surface area contributed by atoms with Crippen molar-refractivity contribution in [2.75, 3.05) is 5.33 Å². The lowest BCUT2D eigenvalue weighted by Gasteiger charge is -2.11. The fourth-order valence-corrected chi connectivity index (χ4v) is 1.54. The first-order valence-electron chi connectivity index (χ1n) is 4.25. The average molecular weight is 308 g/mol. The highest BCUT2D eigenvalue weighted by atomic mass is 79.9. The van der Waals surface area contributed by atoms with Crippen LogP contribution in [0.25, 0.3) is 0 Å². The van der Waals surface area contributed by atoms with Crippen LogP contribution >= 0.6 is 15.9 Å². The minimum absolute atomic E-state index is 0.156. The summed E-state index contributed by atoms with van der Waals surface area (Å²) in [6.07, 6.45) is -4.75. The number of hydrogen-bond acceptors (Lipinski definition) is 3. The van der Waals surface area contributed by atoms with Crippen LogP contribution in [0.2, 0.25) is 0 Å². The molecule has 0 fully saturated rings. The number of rotatable bonds is 2. The molecule has 3 nitrogen and oxygen atoms in total. The normalized spacial score (nSPS) is 11.0. The van der Waals surface area contributed by atoms with Gasteiger partial charge in [-0.2, -0.15) is 18.4 Å². The average Bonchev–Trinajstić information content (AvgIpc) is 2.26. The number of aromatic hydroxyl groups is 1. The molecule has 90 valence electrons. The molecule has 0 saturated heterocycles. The molecule has 1 N–H and O–H groups in total. The molecule has 0 aromatic heterocycles. The van der Waals surface area contributed by atoms with Crippen molar-refractivity contribution in [3.05, 3.63) is 28.8 Å². The van der Waals surface area contributed by atoms with Crippen LogP contribution < -0.4 is 0 Å². The van der Waals surface area contributed by atoms with E-state index in [2.05, 4.69) is 15.9 Å². The molecule has 0 amide bonds. The van der Waals surface area contributed by atoms with Crippen molar-refractivity contribution in [1.29, 1.82) is 5.26 Å². The largest absolute Gasteiger partial charge is 0.506 e. The molecule has 0 radical (unpaired) electrons. The molecule has 1 aromatic carbocycles. The van der Waals surface area contributed by atoms with Gasteiger partial charge >= 0.3 is 6.18 Å². The Labute approximate surface area is 103 Å². The maximum atomic E-state index is 12.5. The van der Waals surface area contributed by atoms with Crippen LogP contribution in [-0.4, -0.2) is 16.2 Å². The molecule has 7 heteroatoms. The highest BCUT2D eigenvalue weighted by Crippen LogP contribution is 2.37. The van der Waals surface area contributed by atoms with Crippen LogP contribution in [0.5, 0.6) is 5.75 Å². The van der Waals surface area contributed by atoms with Gasteiger partial charge in [0.25, 0.3) is 0 Å². The number of phenols is 1. The summed E-state index contributed by atoms with van der Waals surface area (Å²) in [6.45, 7) is 0. The molecule has 0 aliphatic carbocycles. The van der Waals surface area contributed by atoms with Crippen LogP contribution in [0.1, 0.15) is 21.5 Å². The monoisotopic (exact) mass is 307 g/mol. The third kappa shape index (κ3) is 2.58. The van der Waals surface area contributed by atoms with E-state index in [1.807, 2.05) is 0 Å². The Hall–Kier alpha value is -1.55. The number of hydrogen-bond donors (Lipinski definition) is 1. The van der Waals surface area contributed by atoms with Gasteiger partial charge in [0.15, 0.2) is 5.78 Å². The Kier molecular flexibility index (Phi) is 3.78. The van der Waals surface area contributed by atoms with E-state index in [-0.39, 0.29) is 10.9 Å². The van der Waals surface area contributed by atoms with Crippen LogP contribution in [0.4, 0.5) is 13.2 Å². The lowest BCUT2D eigenvalue weighted by atomic mass is 10.0. The van der Waals surface area contributed by atoms with Crippen LogP contribution in [0.3, 0.4) is 0 Å². The molecule has 0 unspecified atom stereocenters. The van der Waals surface area contributed by atoms with Gasteiger partial charge in [0, 0.05) is 0 Å². The van der Waals surface area contributed by atoms with E-state index >= 15 is 0 Å². The van der Waals surface area contributed by atoms with E-state index in [1.54, 1.807) is 0 Å². The molecule has 0 aliphatic rings. The van der Waals surface area contributed by atoms with Gasteiger partial charge in [-0.3, -0.25) is 4.79 Å². The number of halogens is 4. The predicted molar refractivity (Wildman–Crippen MR) is 55.9 cm³/mol. The molecule has 0 atom stereocenters. The van der Waals surface area contributed by atoms with Crippen molar-refractivity contribution >= 4 is 21.7 Å². The maximum absolute atomic E-state index is 12.5. The van der Waals surface area contributed by atoms with Crippen LogP contribution in [0, 0.1) is 11.3 Å². The zero-order valence-corrected chi connectivity index (χ0v) is 9.76. The third-order valence-electron chi connectivity index (χ3n) is 2.02.